The van der Waals surface area contributed by atoms with Crippen LogP contribution in [0.4, 0.5) is 5.69 Å². The molecule has 0 bridgehead atoms. The van der Waals surface area contributed by atoms with E-state index in [0.717, 1.165) is 27.4 Å². The summed E-state index contributed by atoms with van der Waals surface area (Å²) >= 11 is 0. The molecular formula is C21H20N4O4. The van der Waals surface area contributed by atoms with Gasteiger partial charge in [0.25, 0.3) is 0 Å². The molecule has 0 radical (unpaired) electrons. The molecule has 0 spiro atoms. The molecule has 4 rings (SSSR count). The van der Waals surface area contributed by atoms with Crippen molar-refractivity contribution in [3.63, 3.8) is 0 Å². The van der Waals surface area contributed by atoms with Crippen molar-refractivity contribution in [3.05, 3.63) is 48.3 Å². The van der Waals surface area contributed by atoms with Gasteiger partial charge in [0.1, 0.15) is 17.9 Å². The monoisotopic (exact) mass is 392 g/mol. The number of aryl methyl sites for hydroxylation is 1. The number of nitrogens with one attached hydrogen (secondary N) is 1. The molecule has 1 aliphatic heterocycles. The van der Waals surface area contributed by atoms with Crippen LogP contribution in [0.3, 0.4) is 0 Å². The Morgan fingerprint density at radius 3 is 2.66 bits per heavy atom. The number of pyridine rings is 1. The van der Waals surface area contributed by atoms with Gasteiger partial charge in [-0.25, -0.2) is 4.98 Å². The Labute approximate surface area is 167 Å². The van der Waals surface area contributed by atoms with Gasteiger partial charge in [-0.15, -0.1) is 0 Å². The van der Waals surface area contributed by atoms with Crippen molar-refractivity contribution < 1.29 is 19.1 Å². The fraction of sp³-hybridized carbons (Fsp3) is 0.238. The Hall–Kier alpha value is -3.68. The Bertz CT molecular complexity index is 1120. The number of methoxy groups -OCH3 is 1. The lowest BCUT2D eigenvalue weighted by Gasteiger charge is -2.15. The Kier molecular flexibility index (Phi) is 4.75. The molecular weight excluding hydrogens is 372 g/mol. The zero-order valence-electron chi connectivity index (χ0n) is 16.1. The first kappa shape index (κ1) is 18.7. The van der Waals surface area contributed by atoms with Crippen LogP contribution in [0.15, 0.2) is 42.7 Å². The standard InChI is InChI=1S/C21H20N4O4/c1-13-7-8-24-11-16(22-18(24)9-13)14-3-4-17(29-2)15(10-14)23-19(26)12-25-20(27)5-6-21(25)28/h3-4,7-11H,5-6,12H2,1-2H3,(H,23,26). The molecule has 0 saturated carbocycles. The van der Waals surface area contributed by atoms with Gasteiger partial charge in [0.15, 0.2) is 0 Å². The largest absolute Gasteiger partial charge is 0.495 e. The molecule has 3 heterocycles. The molecule has 1 saturated heterocycles. The van der Waals surface area contributed by atoms with E-state index in [9.17, 15) is 14.4 Å². The second-order valence-electron chi connectivity index (χ2n) is 6.93. The summed E-state index contributed by atoms with van der Waals surface area (Å²) in [6.45, 7) is 1.70. The van der Waals surface area contributed by atoms with E-state index in [2.05, 4.69) is 10.3 Å². The summed E-state index contributed by atoms with van der Waals surface area (Å²) in [5.74, 6) is -0.646. The number of hydrogen-bond acceptors (Lipinski definition) is 5. The number of nitrogens with zero attached hydrogens (tertiary/aromatic N) is 3. The Balaban J connectivity index is 1.60. The number of carbonyl (C=O) groups is 3. The zero-order valence-corrected chi connectivity index (χ0v) is 16.1. The summed E-state index contributed by atoms with van der Waals surface area (Å²) in [5.41, 5.74) is 3.94. The topological polar surface area (TPSA) is 93.0 Å². The number of benzene rings is 1. The highest BCUT2D eigenvalue weighted by atomic mass is 16.5. The summed E-state index contributed by atoms with van der Waals surface area (Å²) in [7, 11) is 1.51. The smallest absolute Gasteiger partial charge is 0.244 e. The molecule has 2 aromatic heterocycles. The first-order valence-corrected chi connectivity index (χ1v) is 9.21. The van der Waals surface area contributed by atoms with Crippen molar-refractivity contribution in [2.75, 3.05) is 19.0 Å². The summed E-state index contributed by atoms with van der Waals surface area (Å²) in [6, 6.07) is 9.35. The third kappa shape index (κ3) is 3.69. The van der Waals surface area contributed by atoms with Crippen molar-refractivity contribution in [1.82, 2.24) is 14.3 Å². The van der Waals surface area contributed by atoms with Gasteiger partial charge in [0.2, 0.25) is 17.7 Å². The van der Waals surface area contributed by atoms with Crippen molar-refractivity contribution in [1.29, 1.82) is 0 Å². The predicted molar refractivity (Wildman–Crippen MR) is 107 cm³/mol. The number of amides is 3. The van der Waals surface area contributed by atoms with Crippen LogP contribution < -0.4 is 10.1 Å². The van der Waals surface area contributed by atoms with Crippen LogP contribution in [-0.2, 0) is 14.4 Å². The number of imidazole rings is 1. The average Bonchev–Trinajstić information content (AvgIpc) is 3.25. The van der Waals surface area contributed by atoms with Crippen LogP contribution in [0.25, 0.3) is 16.9 Å². The van der Waals surface area contributed by atoms with Crippen LogP contribution in [0.5, 0.6) is 5.75 Å². The minimum absolute atomic E-state index is 0.151. The maximum Gasteiger partial charge on any atom is 0.244 e. The lowest BCUT2D eigenvalue weighted by Crippen LogP contribution is -2.36. The van der Waals surface area contributed by atoms with Gasteiger partial charge in [0.05, 0.1) is 18.5 Å². The van der Waals surface area contributed by atoms with Crippen molar-refractivity contribution in [2.24, 2.45) is 0 Å². The fourth-order valence-electron chi connectivity index (χ4n) is 3.32. The van der Waals surface area contributed by atoms with E-state index in [1.165, 1.54) is 7.11 Å². The van der Waals surface area contributed by atoms with Gasteiger partial charge in [0, 0.05) is 30.8 Å². The summed E-state index contributed by atoms with van der Waals surface area (Å²) < 4.78 is 7.26. The lowest BCUT2D eigenvalue weighted by molar-refractivity contribution is -0.141. The number of rotatable bonds is 5. The van der Waals surface area contributed by atoms with Crippen molar-refractivity contribution >= 4 is 29.1 Å². The normalized spacial score (nSPS) is 13.9. The molecule has 3 amide bonds. The van der Waals surface area contributed by atoms with E-state index in [-0.39, 0.29) is 31.2 Å². The van der Waals surface area contributed by atoms with Crippen LogP contribution in [-0.4, -0.2) is 45.7 Å². The number of likely N-dealkylation sites (tertiary alicyclic amines) is 1. The number of aromatic nitrogens is 2. The van der Waals surface area contributed by atoms with Gasteiger partial charge in [-0.3, -0.25) is 19.3 Å². The molecule has 0 aliphatic carbocycles. The number of hydrogen-bond donors (Lipinski definition) is 1. The number of anilines is 1. The highest BCUT2D eigenvalue weighted by molar-refractivity contribution is 6.06. The zero-order chi connectivity index (χ0) is 20.5. The van der Waals surface area contributed by atoms with Gasteiger partial charge in [-0.05, 0) is 42.8 Å². The van der Waals surface area contributed by atoms with Gasteiger partial charge in [-0.2, -0.15) is 0 Å². The Morgan fingerprint density at radius 2 is 1.93 bits per heavy atom. The number of fused-ring (bicyclic) bond motifs is 1. The molecule has 1 aromatic carbocycles. The van der Waals surface area contributed by atoms with Gasteiger partial charge >= 0.3 is 0 Å². The van der Waals surface area contributed by atoms with E-state index in [0.29, 0.717) is 11.4 Å². The van der Waals surface area contributed by atoms with Crippen molar-refractivity contribution in [2.45, 2.75) is 19.8 Å². The molecule has 8 heteroatoms. The van der Waals surface area contributed by atoms with E-state index in [1.807, 2.05) is 41.9 Å². The highest BCUT2D eigenvalue weighted by Crippen LogP contribution is 2.30. The molecule has 1 fully saturated rings. The molecule has 0 atom stereocenters. The Morgan fingerprint density at radius 1 is 1.17 bits per heavy atom. The first-order valence-electron chi connectivity index (χ1n) is 9.21. The molecule has 3 aromatic rings. The molecule has 1 N–H and O–H groups in total. The SMILES string of the molecule is COc1ccc(-c2cn3ccc(C)cc3n2)cc1NC(=O)CN1C(=O)CCC1=O. The van der Waals surface area contributed by atoms with Gasteiger partial charge < -0.3 is 14.5 Å². The van der Waals surface area contributed by atoms with E-state index in [4.69, 9.17) is 4.74 Å². The molecule has 1 aliphatic rings. The van der Waals surface area contributed by atoms with Crippen LogP contribution in [0.1, 0.15) is 18.4 Å². The number of carbonyl (C=O) groups excluding carboxylic acids is 3. The predicted octanol–water partition coefficient (Wildman–Crippen LogP) is 2.41. The maximum atomic E-state index is 12.4. The third-order valence-corrected chi connectivity index (χ3v) is 4.84. The van der Waals surface area contributed by atoms with Crippen LogP contribution >= 0.6 is 0 Å². The molecule has 148 valence electrons. The quantitative estimate of drug-likeness (QED) is 0.673. The first-order chi connectivity index (χ1) is 13.9. The van der Waals surface area contributed by atoms with E-state index >= 15 is 0 Å². The van der Waals surface area contributed by atoms with E-state index < -0.39 is 5.91 Å². The molecule has 29 heavy (non-hydrogen) atoms. The molecule has 0 unspecified atom stereocenters. The lowest BCUT2D eigenvalue weighted by atomic mass is 10.1. The van der Waals surface area contributed by atoms with Gasteiger partial charge in [-0.1, -0.05) is 0 Å². The fourth-order valence-corrected chi connectivity index (χ4v) is 3.32. The second kappa shape index (κ2) is 7.38. The highest BCUT2D eigenvalue weighted by Gasteiger charge is 2.30. The average molecular weight is 392 g/mol. The van der Waals surface area contributed by atoms with Crippen LogP contribution in [0, 0.1) is 6.92 Å². The minimum Gasteiger partial charge on any atom is -0.495 e. The summed E-state index contributed by atoms with van der Waals surface area (Å²) in [5, 5.41) is 2.74. The van der Waals surface area contributed by atoms with Crippen LogP contribution in [0.2, 0.25) is 0 Å². The van der Waals surface area contributed by atoms with E-state index in [1.54, 1.807) is 12.1 Å². The number of ether oxygens (including phenoxy) is 1. The second-order valence-corrected chi connectivity index (χ2v) is 6.93. The number of imide groups is 1. The molecule has 8 nitrogen and oxygen atoms in total. The maximum absolute atomic E-state index is 12.4. The minimum atomic E-state index is -0.463. The summed E-state index contributed by atoms with van der Waals surface area (Å²) in [6.07, 6.45) is 4.15. The summed E-state index contributed by atoms with van der Waals surface area (Å²) in [4.78, 5) is 41.5. The van der Waals surface area contributed by atoms with Crippen molar-refractivity contribution in [3.8, 4) is 17.0 Å². The third-order valence-electron chi connectivity index (χ3n) is 4.84.